The summed E-state index contributed by atoms with van der Waals surface area (Å²) in [5.74, 6) is -0.638. The molecule has 1 atom stereocenters. The second-order valence-corrected chi connectivity index (χ2v) is 6.88. The quantitative estimate of drug-likeness (QED) is 0.842. The Hall–Kier alpha value is -0.900. The summed E-state index contributed by atoms with van der Waals surface area (Å²) in [6.45, 7) is 6.98. The SMILES string of the molecule is CC(C)(C)CC(Br)CNC(=O)c1cccc(F)c1. The third kappa shape index (κ3) is 5.63. The fraction of sp³-hybridized carbons (Fsp3) is 0.500. The van der Waals surface area contributed by atoms with Gasteiger partial charge in [-0.1, -0.05) is 42.8 Å². The molecule has 1 unspecified atom stereocenters. The molecule has 100 valence electrons. The molecular weight excluding hydrogens is 297 g/mol. The van der Waals surface area contributed by atoms with Gasteiger partial charge in [-0.2, -0.15) is 0 Å². The zero-order valence-corrected chi connectivity index (χ0v) is 12.6. The topological polar surface area (TPSA) is 29.1 Å². The summed E-state index contributed by atoms with van der Waals surface area (Å²) >= 11 is 3.54. The number of amides is 1. The molecule has 1 rings (SSSR count). The van der Waals surface area contributed by atoms with Crippen molar-refractivity contribution >= 4 is 21.8 Å². The van der Waals surface area contributed by atoms with E-state index in [9.17, 15) is 9.18 Å². The van der Waals surface area contributed by atoms with Gasteiger partial charge in [0.25, 0.3) is 5.91 Å². The van der Waals surface area contributed by atoms with Gasteiger partial charge in [-0.3, -0.25) is 4.79 Å². The van der Waals surface area contributed by atoms with Crippen LogP contribution in [0.1, 0.15) is 37.6 Å². The summed E-state index contributed by atoms with van der Waals surface area (Å²) < 4.78 is 13.0. The fourth-order valence-corrected chi connectivity index (χ4v) is 2.80. The van der Waals surface area contributed by atoms with Gasteiger partial charge in [0, 0.05) is 16.9 Å². The Morgan fingerprint density at radius 3 is 2.67 bits per heavy atom. The average Bonchev–Trinajstić information content (AvgIpc) is 2.23. The van der Waals surface area contributed by atoms with E-state index < -0.39 is 5.82 Å². The number of benzene rings is 1. The van der Waals surface area contributed by atoms with Gasteiger partial charge in [0.05, 0.1) is 0 Å². The number of nitrogens with one attached hydrogen (secondary N) is 1. The molecule has 1 aromatic rings. The fourth-order valence-electron chi connectivity index (χ4n) is 1.67. The molecule has 1 N–H and O–H groups in total. The van der Waals surface area contributed by atoms with Gasteiger partial charge < -0.3 is 5.32 Å². The lowest BCUT2D eigenvalue weighted by Gasteiger charge is -2.22. The molecule has 18 heavy (non-hydrogen) atoms. The maximum absolute atomic E-state index is 13.0. The van der Waals surface area contributed by atoms with Crippen molar-refractivity contribution in [1.29, 1.82) is 0 Å². The Morgan fingerprint density at radius 1 is 1.44 bits per heavy atom. The first kappa shape index (κ1) is 15.2. The molecule has 0 saturated carbocycles. The van der Waals surface area contributed by atoms with Crippen LogP contribution in [0.5, 0.6) is 0 Å². The van der Waals surface area contributed by atoms with Gasteiger partial charge >= 0.3 is 0 Å². The summed E-state index contributed by atoms with van der Waals surface area (Å²) in [6.07, 6.45) is 0.955. The maximum Gasteiger partial charge on any atom is 0.251 e. The van der Waals surface area contributed by atoms with Crippen molar-refractivity contribution in [2.75, 3.05) is 6.54 Å². The molecular formula is C14H19BrFNO. The third-order valence-corrected chi connectivity index (χ3v) is 3.05. The summed E-state index contributed by atoms with van der Waals surface area (Å²) in [5.41, 5.74) is 0.558. The van der Waals surface area contributed by atoms with Crippen LogP contribution >= 0.6 is 15.9 Å². The molecule has 0 fully saturated rings. The molecule has 1 amide bonds. The highest BCUT2D eigenvalue weighted by atomic mass is 79.9. The van der Waals surface area contributed by atoms with E-state index in [0.717, 1.165) is 6.42 Å². The lowest BCUT2D eigenvalue weighted by atomic mass is 9.90. The Kier molecular flexibility index (Phi) is 5.32. The Morgan fingerprint density at radius 2 is 2.11 bits per heavy atom. The smallest absolute Gasteiger partial charge is 0.251 e. The van der Waals surface area contributed by atoms with E-state index >= 15 is 0 Å². The lowest BCUT2D eigenvalue weighted by molar-refractivity contribution is 0.0952. The highest BCUT2D eigenvalue weighted by Crippen LogP contribution is 2.24. The van der Waals surface area contributed by atoms with E-state index in [1.165, 1.54) is 18.2 Å². The number of alkyl halides is 1. The molecule has 0 aliphatic heterocycles. The van der Waals surface area contributed by atoms with Gasteiger partial charge in [-0.15, -0.1) is 0 Å². The maximum atomic E-state index is 13.0. The predicted octanol–water partition coefficient (Wildman–Crippen LogP) is 3.76. The zero-order chi connectivity index (χ0) is 13.8. The monoisotopic (exact) mass is 315 g/mol. The molecule has 0 aliphatic rings. The predicted molar refractivity (Wildman–Crippen MR) is 75.5 cm³/mol. The van der Waals surface area contributed by atoms with Crippen LogP contribution in [0.2, 0.25) is 0 Å². The number of halogens is 2. The number of hydrogen-bond donors (Lipinski definition) is 1. The Labute approximate surface area is 116 Å². The molecule has 0 heterocycles. The molecule has 0 bridgehead atoms. The van der Waals surface area contributed by atoms with E-state index in [-0.39, 0.29) is 16.1 Å². The summed E-state index contributed by atoms with van der Waals surface area (Å²) in [5, 5.41) is 2.80. The van der Waals surface area contributed by atoms with Crippen LogP contribution in [0.3, 0.4) is 0 Å². The van der Waals surface area contributed by atoms with Crippen molar-refractivity contribution in [3.05, 3.63) is 35.6 Å². The Balaban J connectivity index is 2.47. The van der Waals surface area contributed by atoms with Gasteiger partial charge in [-0.25, -0.2) is 4.39 Å². The molecule has 1 aromatic carbocycles. The molecule has 0 aliphatic carbocycles. The number of carbonyl (C=O) groups excluding carboxylic acids is 1. The van der Waals surface area contributed by atoms with Crippen LogP contribution in [0.4, 0.5) is 4.39 Å². The van der Waals surface area contributed by atoms with Crippen molar-refractivity contribution in [1.82, 2.24) is 5.32 Å². The first-order valence-corrected chi connectivity index (χ1v) is 6.87. The minimum Gasteiger partial charge on any atom is -0.351 e. The second-order valence-electron chi connectivity index (χ2n) is 5.58. The van der Waals surface area contributed by atoms with Crippen molar-refractivity contribution in [2.24, 2.45) is 5.41 Å². The lowest BCUT2D eigenvalue weighted by Crippen LogP contribution is -2.31. The number of carbonyl (C=O) groups is 1. The average molecular weight is 316 g/mol. The summed E-state index contributed by atoms with van der Waals surface area (Å²) in [4.78, 5) is 12.0. The van der Waals surface area contributed by atoms with Crippen LogP contribution in [-0.4, -0.2) is 17.3 Å². The second kappa shape index (κ2) is 6.32. The number of rotatable bonds is 4. The van der Waals surface area contributed by atoms with Gasteiger partial charge in [0.1, 0.15) is 5.82 Å². The molecule has 2 nitrogen and oxygen atoms in total. The van der Waals surface area contributed by atoms with Crippen molar-refractivity contribution in [3.8, 4) is 0 Å². The van der Waals surface area contributed by atoms with Gasteiger partial charge in [0.15, 0.2) is 0 Å². The van der Waals surface area contributed by atoms with Crippen molar-refractivity contribution in [2.45, 2.75) is 32.0 Å². The van der Waals surface area contributed by atoms with E-state index in [1.54, 1.807) is 6.07 Å². The van der Waals surface area contributed by atoms with Crippen LogP contribution in [0, 0.1) is 11.2 Å². The van der Waals surface area contributed by atoms with E-state index in [1.807, 2.05) is 0 Å². The van der Waals surface area contributed by atoms with E-state index in [0.29, 0.717) is 12.1 Å². The van der Waals surface area contributed by atoms with Gasteiger partial charge in [0.2, 0.25) is 0 Å². The molecule has 0 radical (unpaired) electrons. The van der Waals surface area contributed by atoms with Gasteiger partial charge in [-0.05, 0) is 30.0 Å². The minimum absolute atomic E-state index is 0.206. The molecule has 0 spiro atoms. The summed E-state index contributed by atoms with van der Waals surface area (Å²) in [6, 6.07) is 5.70. The van der Waals surface area contributed by atoms with Crippen molar-refractivity contribution < 1.29 is 9.18 Å². The van der Waals surface area contributed by atoms with E-state index in [2.05, 4.69) is 42.0 Å². The van der Waals surface area contributed by atoms with Crippen LogP contribution in [0.25, 0.3) is 0 Å². The van der Waals surface area contributed by atoms with Crippen LogP contribution in [0.15, 0.2) is 24.3 Å². The highest BCUT2D eigenvalue weighted by molar-refractivity contribution is 9.09. The normalized spacial score (nSPS) is 13.2. The first-order valence-electron chi connectivity index (χ1n) is 5.96. The first-order chi connectivity index (χ1) is 8.28. The number of hydrogen-bond acceptors (Lipinski definition) is 1. The highest BCUT2D eigenvalue weighted by Gasteiger charge is 2.17. The minimum atomic E-state index is -0.396. The standard InChI is InChI=1S/C14H19BrFNO/c1-14(2,3)8-11(15)9-17-13(18)10-5-4-6-12(16)7-10/h4-7,11H,8-9H2,1-3H3,(H,17,18). The third-order valence-electron chi connectivity index (χ3n) is 2.40. The summed E-state index contributed by atoms with van der Waals surface area (Å²) in [7, 11) is 0. The van der Waals surface area contributed by atoms with Crippen molar-refractivity contribution in [3.63, 3.8) is 0 Å². The zero-order valence-electron chi connectivity index (χ0n) is 11.0. The van der Waals surface area contributed by atoms with Crippen LogP contribution in [-0.2, 0) is 0 Å². The Bertz CT molecular complexity index is 415. The molecule has 0 saturated heterocycles. The van der Waals surface area contributed by atoms with Crippen LogP contribution < -0.4 is 5.32 Å². The molecule has 4 heteroatoms. The largest absolute Gasteiger partial charge is 0.351 e. The molecule has 0 aromatic heterocycles. The van der Waals surface area contributed by atoms with E-state index in [4.69, 9.17) is 0 Å².